The Morgan fingerprint density at radius 1 is 1.15 bits per heavy atom. The monoisotopic (exact) mass is 387 g/mol. The third-order valence-corrected chi connectivity index (χ3v) is 4.86. The smallest absolute Gasteiger partial charge is 0.338 e. The van der Waals surface area contributed by atoms with Crippen LogP contribution in [0.2, 0.25) is 5.15 Å². The molecule has 0 amide bonds. The molecule has 0 radical (unpaired) electrons. The molecule has 6 heteroatoms. The molecule has 134 valence electrons. The van der Waals surface area contributed by atoms with Gasteiger partial charge in [-0.2, -0.15) is 0 Å². The van der Waals surface area contributed by atoms with Crippen molar-refractivity contribution in [2.45, 2.75) is 18.4 Å². The molecule has 0 unspecified atom stereocenters. The van der Waals surface area contributed by atoms with Gasteiger partial charge < -0.3 is 9.47 Å². The number of carbonyl (C=O) groups excluding carboxylic acids is 1. The maximum Gasteiger partial charge on any atom is 0.338 e. The van der Waals surface area contributed by atoms with Crippen LogP contribution in [-0.2, 0) is 11.3 Å². The average molecular weight is 388 g/mol. The molecule has 0 atom stereocenters. The maximum atomic E-state index is 11.7. The summed E-state index contributed by atoms with van der Waals surface area (Å²) in [6.07, 6.45) is 2.03. The first-order chi connectivity index (χ1) is 12.6. The number of pyridine rings is 1. The van der Waals surface area contributed by atoms with Crippen LogP contribution in [0.3, 0.4) is 0 Å². The molecule has 0 spiro atoms. The van der Waals surface area contributed by atoms with Crippen molar-refractivity contribution < 1.29 is 14.3 Å². The highest BCUT2D eigenvalue weighted by Crippen LogP contribution is 2.26. The molecule has 0 saturated heterocycles. The van der Waals surface area contributed by atoms with E-state index in [-0.39, 0.29) is 5.97 Å². The van der Waals surface area contributed by atoms with Gasteiger partial charge in [0.05, 0.1) is 17.7 Å². The van der Waals surface area contributed by atoms with Crippen LogP contribution in [-0.4, -0.2) is 23.8 Å². The zero-order valence-corrected chi connectivity index (χ0v) is 16.1. The van der Waals surface area contributed by atoms with Crippen LogP contribution < -0.4 is 4.74 Å². The van der Waals surface area contributed by atoms with E-state index < -0.39 is 0 Å². The van der Waals surface area contributed by atoms with Crippen molar-refractivity contribution in [1.29, 1.82) is 0 Å². The number of carbonyl (C=O) groups is 1. The first-order valence-electron chi connectivity index (χ1n) is 8.14. The Kier molecular flexibility index (Phi) is 6.01. The molecule has 1 heterocycles. The minimum atomic E-state index is -0.342. The van der Waals surface area contributed by atoms with Gasteiger partial charge in [-0.1, -0.05) is 17.7 Å². The molecule has 3 rings (SSSR count). The zero-order chi connectivity index (χ0) is 18.5. The number of nitrogens with zero attached hydrogens (tertiary/aromatic N) is 1. The fraction of sp³-hybridized carbons (Fsp3) is 0.200. The molecule has 0 aliphatic rings. The Hall–Kier alpha value is -2.24. The van der Waals surface area contributed by atoms with Gasteiger partial charge in [-0.05, 0) is 55.6 Å². The van der Waals surface area contributed by atoms with Crippen LogP contribution in [0.4, 0.5) is 0 Å². The Labute approximate surface area is 161 Å². The topological polar surface area (TPSA) is 48.4 Å². The number of hydrogen-bond donors (Lipinski definition) is 0. The first kappa shape index (κ1) is 18.5. The molecular formula is C20H18ClNO3S. The van der Waals surface area contributed by atoms with E-state index in [0.717, 1.165) is 21.4 Å². The molecule has 0 saturated carbocycles. The molecule has 26 heavy (non-hydrogen) atoms. The van der Waals surface area contributed by atoms with Gasteiger partial charge >= 0.3 is 5.97 Å². The highest BCUT2D eigenvalue weighted by molar-refractivity contribution is 7.98. The number of halogens is 1. The quantitative estimate of drug-likeness (QED) is 0.323. The summed E-state index contributed by atoms with van der Waals surface area (Å²) >= 11 is 7.97. The Balaban J connectivity index is 1.73. The Bertz CT molecular complexity index is 928. The molecule has 0 fully saturated rings. The van der Waals surface area contributed by atoms with Gasteiger partial charge in [0.25, 0.3) is 0 Å². The minimum Gasteiger partial charge on any atom is -0.489 e. The lowest BCUT2D eigenvalue weighted by molar-refractivity contribution is 0.0526. The minimum absolute atomic E-state index is 0.296. The molecule has 4 nitrogen and oxygen atoms in total. The van der Waals surface area contributed by atoms with Gasteiger partial charge in [-0.25, -0.2) is 9.78 Å². The van der Waals surface area contributed by atoms with Crippen molar-refractivity contribution in [1.82, 2.24) is 4.98 Å². The first-order valence-corrected chi connectivity index (χ1v) is 9.74. The summed E-state index contributed by atoms with van der Waals surface area (Å²) in [5.74, 6) is 0.303. The van der Waals surface area contributed by atoms with E-state index in [2.05, 4.69) is 11.1 Å². The van der Waals surface area contributed by atoms with Crippen molar-refractivity contribution >= 4 is 40.2 Å². The molecule has 1 aromatic heterocycles. The predicted molar refractivity (Wildman–Crippen MR) is 105 cm³/mol. The van der Waals surface area contributed by atoms with Crippen molar-refractivity contribution in [2.75, 3.05) is 12.9 Å². The van der Waals surface area contributed by atoms with Crippen molar-refractivity contribution in [3.63, 3.8) is 0 Å². The lowest BCUT2D eigenvalue weighted by atomic mass is 10.1. The summed E-state index contributed by atoms with van der Waals surface area (Å²) in [4.78, 5) is 17.3. The number of fused-ring (bicyclic) bond motifs is 1. The van der Waals surface area contributed by atoms with Crippen molar-refractivity contribution in [3.05, 3.63) is 64.8 Å². The van der Waals surface area contributed by atoms with E-state index in [1.165, 1.54) is 0 Å². The van der Waals surface area contributed by atoms with Crippen LogP contribution in [0.25, 0.3) is 10.9 Å². The second-order valence-corrected chi connectivity index (χ2v) is 6.77. The normalized spacial score (nSPS) is 10.7. The fourth-order valence-corrected chi connectivity index (χ4v) is 3.09. The van der Waals surface area contributed by atoms with Crippen molar-refractivity contribution in [2.24, 2.45) is 0 Å². The molecular weight excluding hydrogens is 370 g/mol. The van der Waals surface area contributed by atoms with Crippen LogP contribution in [0, 0.1) is 0 Å². The predicted octanol–water partition coefficient (Wildman–Crippen LogP) is 5.37. The number of thioether (sulfide) groups is 1. The van der Waals surface area contributed by atoms with E-state index in [4.69, 9.17) is 21.1 Å². The number of hydrogen-bond acceptors (Lipinski definition) is 5. The molecule has 3 aromatic rings. The average Bonchev–Trinajstić information content (AvgIpc) is 2.66. The lowest BCUT2D eigenvalue weighted by Crippen LogP contribution is -2.04. The highest BCUT2D eigenvalue weighted by Gasteiger charge is 2.09. The second kappa shape index (κ2) is 8.43. The SMILES string of the molecule is CCOC(=O)c1ccc(OCc2cc3ccc(SC)cc3nc2Cl)cc1. The van der Waals surface area contributed by atoms with Crippen molar-refractivity contribution in [3.8, 4) is 5.75 Å². The molecule has 0 N–H and O–H groups in total. The van der Waals surface area contributed by atoms with E-state index in [1.807, 2.05) is 24.5 Å². The molecule has 2 aromatic carbocycles. The van der Waals surface area contributed by atoms with Gasteiger partial charge in [0.15, 0.2) is 0 Å². The fourth-order valence-electron chi connectivity index (χ4n) is 2.46. The number of benzene rings is 2. The maximum absolute atomic E-state index is 11.7. The summed E-state index contributed by atoms with van der Waals surface area (Å²) in [6, 6.07) is 14.9. The summed E-state index contributed by atoms with van der Waals surface area (Å²) in [6.45, 7) is 2.42. The van der Waals surface area contributed by atoms with Crippen LogP contribution in [0.15, 0.2) is 53.4 Å². The standard InChI is InChI=1S/C20H18ClNO3S/c1-3-24-20(23)13-4-7-16(8-5-13)25-12-15-10-14-6-9-17(26-2)11-18(14)22-19(15)21/h4-11H,3,12H2,1-2H3. The van der Waals surface area contributed by atoms with Crippen LogP contribution in [0.1, 0.15) is 22.8 Å². The third kappa shape index (κ3) is 4.29. The lowest BCUT2D eigenvalue weighted by Gasteiger charge is -2.10. The Morgan fingerprint density at radius 2 is 1.92 bits per heavy atom. The van der Waals surface area contributed by atoms with E-state index in [9.17, 15) is 4.79 Å². The Morgan fingerprint density at radius 3 is 2.62 bits per heavy atom. The van der Waals surface area contributed by atoms with Gasteiger partial charge in [-0.3, -0.25) is 0 Å². The van der Waals surface area contributed by atoms with E-state index >= 15 is 0 Å². The molecule has 0 aliphatic carbocycles. The number of rotatable bonds is 6. The second-order valence-electron chi connectivity index (χ2n) is 5.53. The van der Waals surface area contributed by atoms with Gasteiger partial charge in [0, 0.05) is 15.8 Å². The number of aromatic nitrogens is 1. The zero-order valence-electron chi connectivity index (χ0n) is 14.5. The van der Waals surface area contributed by atoms with E-state index in [1.54, 1.807) is 43.0 Å². The third-order valence-electron chi connectivity index (χ3n) is 3.81. The molecule has 0 bridgehead atoms. The van der Waals surface area contributed by atoms with Crippen LogP contribution in [0.5, 0.6) is 5.75 Å². The van der Waals surface area contributed by atoms with Gasteiger partial charge in [-0.15, -0.1) is 11.8 Å². The van der Waals surface area contributed by atoms with E-state index in [0.29, 0.717) is 29.7 Å². The summed E-state index contributed by atoms with van der Waals surface area (Å²) in [7, 11) is 0. The molecule has 0 aliphatic heterocycles. The number of ether oxygens (including phenoxy) is 2. The number of esters is 1. The van der Waals surface area contributed by atoms with Gasteiger partial charge in [0.2, 0.25) is 0 Å². The van der Waals surface area contributed by atoms with Crippen LogP contribution >= 0.6 is 23.4 Å². The largest absolute Gasteiger partial charge is 0.489 e. The summed E-state index contributed by atoms with van der Waals surface area (Å²) in [5.41, 5.74) is 2.17. The summed E-state index contributed by atoms with van der Waals surface area (Å²) < 4.78 is 10.7. The highest BCUT2D eigenvalue weighted by atomic mass is 35.5. The summed E-state index contributed by atoms with van der Waals surface area (Å²) in [5, 5.41) is 1.45. The van der Waals surface area contributed by atoms with Gasteiger partial charge in [0.1, 0.15) is 17.5 Å².